The highest BCUT2D eigenvalue weighted by Gasteiger charge is 2.38. The van der Waals surface area contributed by atoms with Gasteiger partial charge < -0.3 is 15.5 Å². The van der Waals surface area contributed by atoms with Crippen LogP contribution in [0, 0.1) is 17.8 Å². The Morgan fingerprint density at radius 1 is 1.11 bits per heavy atom. The molecule has 2 N–H and O–H groups in total. The van der Waals surface area contributed by atoms with E-state index in [4.69, 9.17) is 5.73 Å². The Morgan fingerprint density at radius 3 is 2.29 bits per heavy atom. The lowest BCUT2D eigenvalue weighted by Gasteiger charge is -2.36. The molecule has 0 spiro atoms. The molecule has 2 unspecified atom stereocenters. The molecule has 1 aliphatic rings. The van der Waals surface area contributed by atoms with Gasteiger partial charge in [0.2, 0.25) is 11.7 Å². The predicted octanol–water partition coefficient (Wildman–Crippen LogP) is 1.26. The van der Waals surface area contributed by atoms with E-state index in [0.29, 0.717) is 39.0 Å². The summed E-state index contributed by atoms with van der Waals surface area (Å²) >= 11 is 0. The van der Waals surface area contributed by atoms with Crippen molar-refractivity contribution in [2.45, 2.75) is 40.0 Å². The minimum atomic E-state index is -0.650. The maximum atomic E-state index is 13.0. The largest absolute Gasteiger partial charge is 0.369 e. The Balaban J connectivity index is 2.06. The molecule has 2 rings (SSSR count). The number of nitrogens with zero attached hydrogens (tertiary/aromatic N) is 4. The first-order valence-corrected chi connectivity index (χ1v) is 9.98. The van der Waals surface area contributed by atoms with Crippen molar-refractivity contribution in [3.8, 4) is 0 Å². The summed E-state index contributed by atoms with van der Waals surface area (Å²) in [5.74, 6) is -1.79. The van der Waals surface area contributed by atoms with Gasteiger partial charge in [0, 0.05) is 50.4 Å². The van der Waals surface area contributed by atoms with E-state index in [2.05, 4.69) is 9.97 Å². The Bertz CT molecular complexity index is 672. The fourth-order valence-corrected chi connectivity index (χ4v) is 3.72. The summed E-state index contributed by atoms with van der Waals surface area (Å²) < 4.78 is 0. The number of ketones is 1. The van der Waals surface area contributed by atoms with Crippen LogP contribution in [0.5, 0.6) is 0 Å². The first kappa shape index (κ1) is 21.8. The number of anilines is 1. The zero-order chi connectivity index (χ0) is 20.7. The lowest BCUT2D eigenvalue weighted by Crippen LogP contribution is -2.52. The fourth-order valence-electron chi connectivity index (χ4n) is 3.72. The molecular formula is C20H31N5O3. The van der Waals surface area contributed by atoms with Crippen LogP contribution in [-0.2, 0) is 14.4 Å². The third-order valence-corrected chi connectivity index (χ3v) is 5.16. The molecule has 8 heteroatoms. The molecule has 0 bridgehead atoms. The van der Waals surface area contributed by atoms with Crippen LogP contribution < -0.4 is 10.6 Å². The summed E-state index contributed by atoms with van der Waals surface area (Å²) in [7, 11) is 0. The summed E-state index contributed by atoms with van der Waals surface area (Å²) in [4.78, 5) is 49.8. The minimum Gasteiger partial charge on any atom is -0.369 e. The van der Waals surface area contributed by atoms with Crippen molar-refractivity contribution in [3.05, 3.63) is 18.6 Å². The average molecular weight is 390 g/mol. The van der Waals surface area contributed by atoms with Crippen LogP contribution in [0.3, 0.4) is 0 Å². The smallest absolute Gasteiger partial charge is 0.290 e. The van der Waals surface area contributed by atoms with Gasteiger partial charge in [-0.25, -0.2) is 4.98 Å². The van der Waals surface area contributed by atoms with Crippen LogP contribution in [-0.4, -0.2) is 58.6 Å². The summed E-state index contributed by atoms with van der Waals surface area (Å²) in [6.45, 7) is 7.94. The first-order valence-electron chi connectivity index (χ1n) is 9.98. The number of piperazine rings is 1. The van der Waals surface area contributed by atoms with Crippen LogP contribution in [0.25, 0.3) is 0 Å². The molecule has 1 fully saturated rings. The maximum Gasteiger partial charge on any atom is 0.290 e. The van der Waals surface area contributed by atoms with Crippen molar-refractivity contribution in [2.75, 3.05) is 31.1 Å². The highest BCUT2D eigenvalue weighted by atomic mass is 16.2. The van der Waals surface area contributed by atoms with Crippen LogP contribution >= 0.6 is 0 Å². The number of aromatic nitrogens is 2. The van der Waals surface area contributed by atoms with Gasteiger partial charge in [0.05, 0.1) is 6.20 Å². The topological polar surface area (TPSA) is 109 Å². The summed E-state index contributed by atoms with van der Waals surface area (Å²) in [5, 5.41) is 0. The number of rotatable bonds is 9. The maximum absolute atomic E-state index is 13.0. The molecule has 8 nitrogen and oxygen atoms in total. The zero-order valence-corrected chi connectivity index (χ0v) is 17.0. The molecule has 0 aromatic carbocycles. The number of amides is 2. The molecule has 1 saturated heterocycles. The van der Waals surface area contributed by atoms with E-state index in [1.807, 2.05) is 25.7 Å². The molecule has 0 saturated carbocycles. The van der Waals surface area contributed by atoms with Gasteiger partial charge in [-0.05, 0) is 18.8 Å². The molecule has 0 radical (unpaired) electrons. The zero-order valence-electron chi connectivity index (χ0n) is 17.0. The van der Waals surface area contributed by atoms with Crippen molar-refractivity contribution in [1.82, 2.24) is 14.9 Å². The number of nitrogens with two attached hydrogens (primary N) is 1. The minimum absolute atomic E-state index is 0.189. The molecular weight excluding hydrogens is 358 g/mol. The molecule has 2 atom stereocenters. The summed E-state index contributed by atoms with van der Waals surface area (Å²) in [5.41, 5.74) is 5.56. The van der Waals surface area contributed by atoms with Crippen LogP contribution in [0.15, 0.2) is 18.6 Å². The van der Waals surface area contributed by atoms with Crippen molar-refractivity contribution in [1.29, 1.82) is 0 Å². The van der Waals surface area contributed by atoms with Crippen molar-refractivity contribution in [2.24, 2.45) is 23.5 Å². The Morgan fingerprint density at radius 2 is 1.79 bits per heavy atom. The van der Waals surface area contributed by atoms with Gasteiger partial charge in [-0.3, -0.25) is 19.4 Å². The summed E-state index contributed by atoms with van der Waals surface area (Å²) in [6.07, 6.45) is 6.67. The molecule has 2 heterocycles. The Hall–Kier alpha value is -2.51. The molecule has 2 amide bonds. The van der Waals surface area contributed by atoms with Gasteiger partial charge in [-0.1, -0.05) is 27.2 Å². The first-order chi connectivity index (χ1) is 13.3. The molecule has 28 heavy (non-hydrogen) atoms. The van der Waals surface area contributed by atoms with Gasteiger partial charge >= 0.3 is 0 Å². The second-order valence-corrected chi connectivity index (χ2v) is 7.74. The lowest BCUT2D eigenvalue weighted by atomic mass is 9.79. The number of carbonyl (C=O) groups excluding carboxylic acids is 3. The number of hydrogen-bond donors (Lipinski definition) is 1. The highest BCUT2D eigenvalue weighted by Crippen LogP contribution is 2.26. The highest BCUT2D eigenvalue weighted by molar-refractivity contribution is 6.37. The number of primary amides is 1. The van der Waals surface area contributed by atoms with E-state index < -0.39 is 29.4 Å². The monoisotopic (exact) mass is 389 g/mol. The predicted molar refractivity (Wildman–Crippen MR) is 106 cm³/mol. The average Bonchev–Trinajstić information content (AvgIpc) is 2.70. The molecule has 1 aliphatic heterocycles. The number of hydrogen-bond acceptors (Lipinski definition) is 6. The van der Waals surface area contributed by atoms with E-state index in [-0.39, 0.29) is 5.92 Å². The number of Topliss-reactive ketones (excluding diaryl/α,β-unsaturated/α-hetero) is 1. The third kappa shape index (κ3) is 5.50. The van der Waals surface area contributed by atoms with Crippen LogP contribution in [0.2, 0.25) is 0 Å². The van der Waals surface area contributed by atoms with Crippen molar-refractivity contribution >= 4 is 23.4 Å². The van der Waals surface area contributed by atoms with E-state index in [1.165, 1.54) is 0 Å². The van der Waals surface area contributed by atoms with Gasteiger partial charge in [0.15, 0.2) is 0 Å². The quantitative estimate of drug-likeness (QED) is 0.637. The molecule has 1 aromatic heterocycles. The van der Waals surface area contributed by atoms with Crippen LogP contribution in [0.4, 0.5) is 5.82 Å². The SMILES string of the molecule is CCCC(C(N)=O)C(CC(C)C)C(=O)C(=O)N1CCN(c2cnccn2)CC1. The van der Waals surface area contributed by atoms with E-state index in [1.54, 1.807) is 23.5 Å². The van der Waals surface area contributed by atoms with E-state index in [0.717, 1.165) is 12.2 Å². The molecule has 1 aromatic rings. The Labute approximate surface area is 166 Å². The van der Waals surface area contributed by atoms with Crippen LogP contribution in [0.1, 0.15) is 40.0 Å². The van der Waals surface area contributed by atoms with Crippen molar-refractivity contribution in [3.63, 3.8) is 0 Å². The van der Waals surface area contributed by atoms with Gasteiger partial charge in [0.25, 0.3) is 5.91 Å². The second-order valence-electron chi connectivity index (χ2n) is 7.74. The lowest BCUT2D eigenvalue weighted by molar-refractivity contribution is -0.149. The number of carbonyl (C=O) groups is 3. The Kier molecular flexibility index (Phi) is 7.90. The molecule has 0 aliphatic carbocycles. The van der Waals surface area contributed by atoms with E-state index >= 15 is 0 Å². The standard InChI is InChI=1S/C20H31N5O3/c1-4-5-15(19(21)27)16(12-14(2)3)18(26)20(28)25-10-8-24(9-11-25)17-13-22-6-7-23-17/h6-7,13-16H,4-5,8-12H2,1-3H3,(H2,21,27). The van der Waals surface area contributed by atoms with Gasteiger partial charge in [-0.2, -0.15) is 0 Å². The second kappa shape index (κ2) is 10.1. The third-order valence-electron chi connectivity index (χ3n) is 5.16. The summed E-state index contributed by atoms with van der Waals surface area (Å²) in [6, 6.07) is 0. The van der Waals surface area contributed by atoms with Crippen molar-refractivity contribution < 1.29 is 14.4 Å². The van der Waals surface area contributed by atoms with Gasteiger partial charge in [0.1, 0.15) is 5.82 Å². The molecule has 154 valence electrons. The fraction of sp³-hybridized carbons (Fsp3) is 0.650. The van der Waals surface area contributed by atoms with E-state index in [9.17, 15) is 14.4 Å². The normalized spacial score (nSPS) is 16.7. The van der Waals surface area contributed by atoms with Gasteiger partial charge in [-0.15, -0.1) is 0 Å².